The van der Waals surface area contributed by atoms with Crippen LogP contribution in [-0.2, 0) is 4.79 Å². The highest BCUT2D eigenvalue weighted by molar-refractivity contribution is 5.89. The number of carbonyl (C=O) groups excluding carboxylic acids is 1. The lowest BCUT2D eigenvalue weighted by Gasteiger charge is -2.47. The van der Waals surface area contributed by atoms with Crippen LogP contribution in [0.5, 0.6) is 0 Å². The molecule has 3 nitrogen and oxygen atoms in total. The summed E-state index contributed by atoms with van der Waals surface area (Å²) in [6, 6.07) is 0. The molecule has 0 amide bonds. The second kappa shape index (κ2) is 2.05. The zero-order valence-corrected chi connectivity index (χ0v) is 6.71. The quantitative estimate of drug-likeness (QED) is 0.535. The van der Waals surface area contributed by atoms with E-state index in [9.17, 15) is 9.90 Å². The van der Waals surface area contributed by atoms with Crippen molar-refractivity contribution in [2.24, 2.45) is 5.92 Å². The minimum Gasteiger partial charge on any atom is -0.369 e. The van der Waals surface area contributed by atoms with Crippen molar-refractivity contribution in [2.45, 2.75) is 25.5 Å². The summed E-state index contributed by atoms with van der Waals surface area (Å²) >= 11 is 0. The number of hydrogen-bond donors (Lipinski definition) is 1. The fraction of sp³-hybridized carbons (Fsp3) is 0.875. The standard InChI is InChI=1S/C8H13NO2/c1-8(11)7(10)6-2-4-9(8)5-3-6/h6,11H,2-5H2,1H3. The number of piperidine rings is 3. The molecule has 11 heavy (non-hydrogen) atoms. The van der Waals surface area contributed by atoms with Gasteiger partial charge in [0.05, 0.1) is 0 Å². The van der Waals surface area contributed by atoms with Crippen LogP contribution < -0.4 is 0 Å². The molecule has 0 aromatic rings. The number of hydrogen-bond acceptors (Lipinski definition) is 3. The SMILES string of the molecule is CC1(O)C(=O)C2CCN1CC2. The van der Waals surface area contributed by atoms with E-state index in [1.54, 1.807) is 6.92 Å². The minimum atomic E-state index is -1.15. The van der Waals surface area contributed by atoms with Gasteiger partial charge in [-0.1, -0.05) is 0 Å². The fourth-order valence-electron chi connectivity index (χ4n) is 2.12. The lowest BCUT2D eigenvalue weighted by Crippen LogP contribution is -2.63. The topological polar surface area (TPSA) is 40.5 Å². The van der Waals surface area contributed by atoms with E-state index in [4.69, 9.17) is 0 Å². The summed E-state index contributed by atoms with van der Waals surface area (Å²) in [5.41, 5.74) is -1.15. The molecule has 3 fully saturated rings. The van der Waals surface area contributed by atoms with Crippen LogP contribution in [0.25, 0.3) is 0 Å². The smallest absolute Gasteiger partial charge is 0.182 e. The molecule has 3 heterocycles. The number of carbonyl (C=O) groups is 1. The zero-order valence-electron chi connectivity index (χ0n) is 6.71. The lowest BCUT2D eigenvalue weighted by molar-refractivity contribution is -0.181. The first-order valence-electron chi connectivity index (χ1n) is 4.14. The molecule has 3 aliphatic rings. The van der Waals surface area contributed by atoms with Crippen molar-refractivity contribution in [2.75, 3.05) is 13.1 Å². The van der Waals surface area contributed by atoms with Crippen molar-refractivity contribution in [3.05, 3.63) is 0 Å². The Morgan fingerprint density at radius 1 is 1.55 bits per heavy atom. The third-order valence-corrected chi connectivity index (χ3v) is 2.95. The maximum atomic E-state index is 11.4. The molecular weight excluding hydrogens is 142 g/mol. The molecule has 0 spiro atoms. The van der Waals surface area contributed by atoms with Crippen LogP contribution in [0.2, 0.25) is 0 Å². The van der Waals surface area contributed by atoms with Crippen LogP contribution in [0.4, 0.5) is 0 Å². The Balaban J connectivity index is 2.30. The van der Waals surface area contributed by atoms with Gasteiger partial charge in [0.15, 0.2) is 11.5 Å². The maximum absolute atomic E-state index is 11.4. The largest absolute Gasteiger partial charge is 0.369 e. The Morgan fingerprint density at radius 2 is 2.09 bits per heavy atom. The summed E-state index contributed by atoms with van der Waals surface area (Å²) in [7, 11) is 0. The van der Waals surface area contributed by atoms with E-state index in [1.807, 2.05) is 4.90 Å². The number of ketones is 1. The first kappa shape index (κ1) is 7.25. The number of fused-ring (bicyclic) bond motifs is 3. The van der Waals surface area contributed by atoms with Crippen molar-refractivity contribution >= 4 is 5.78 Å². The molecule has 0 radical (unpaired) electrons. The fourth-order valence-corrected chi connectivity index (χ4v) is 2.12. The predicted octanol–water partition coefficient (Wildman–Crippen LogP) is -0.0104. The molecule has 0 aliphatic carbocycles. The minimum absolute atomic E-state index is 0.0231. The van der Waals surface area contributed by atoms with Gasteiger partial charge in [-0.3, -0.25) is 9.69 Å². The summed E-state index contributed by atoms with van der Waals surface area (Å²) in [5, 5.41) is 9.71. The van der Waals surface area contributed by atoms with Gasteiger partial charge in [0, 0.05) is 19.0 Å². The Labute approximate surface area is 66.0 Å². The molecule has 3 heteroatoms. The van der Waals surface area contributed by atoms with Crippen LogP contribution in [0.1, 0.15) is 19.8 Å². The molecule has 0 aromatic carbocycles. The van der Waals surface area contributed by atoms with E-state index >= 15 is 0 Å². The van der Waals surface area contributed by atoms with Gasteiger partial charge in [-0.15, -0.1) is 0 Å². The van der Waals surface area contributed by atoms with Crippen LogP contribution in [0, 0.1) is 5.92 Å². The van der Waals surface area contributed by atoms with E-state index in [1.165, 1.54) is 0 Å². The van der Waals surface area contributed by atoms with E-state index in [0.29, 0.717) is 0 Å². The zero-order chi connectivity index (χ0) is 8.06. The Kier molecular flexibility index (Phi) is 1.35. The van der Waals surface area contributed by atoms with Crippen LogP contribution in [0.3, 0.4) is 0 Å². The number of nitrogens with zero attached hydrogens (tertiary/aromatic N) is 1. The van der Waals surface area contributed by atoms with Crippen LogP contribution in [-0.4, -0.2) is 34.6 Å². The van der Waals surface area contributed by atoms with E-state index < -0.39 is 5.72 Å². The summed E-state index contributed by atoms with van der Waals surface area (Å²) in [4.78, 5) is 13.3. The summed E-state index contributed by atoms with van der Waals surface area (Å²) in [5.74, 6) is 0.157. The van der Waals surface area contributed by atoms with Crippen molar-refractivity contribution < 1.29 is 9.90 Å². The van der Waals surface area contributed by atoms with Crippen molar-refractivity contribution in [1.29, 1.82) is 0 Å². The van der Waals surface area contributed by atoms with Gasteiger partial charge in [-0.05, 0) is 19.8 Å². The average molecular weight is 155 g/mol. The van der Waals surface area contributed by atoms with Gasteiger partial charge >= 0.3 is 0 Å². The normalized spacial score (nSPS) is 49.8. The number of aliphatic hydroxyl groups is 1. The second-order valence-electron chi connectivity index (χ2n) is 3.65. The third kappa shape index (κ3) is 0.844. The maximum Gasteiger partial charge on any atom is 0.182 e. The first-order chi connectivity index (χ1) is 5.12. The van der Waals surface area contributed by atoms with Gasteiger partial charge in [0.2, 0.25) is 0 Å². The molecule has 3 aliphatic heterocycles. The van der Waals surface area contributed by atoms with Gasteiger partial charge in [-0.2, -0.15) is 0 Å². The summed E-state index contributed by atoms with van der Waals surface area (Å²) in [6.45, 7) is 3.37. The van der Waals surface area contributed by atoms with Gasteiger partial charge < -0.3 is 5.11 Å². The van der Waals surface area contributed by atoms with E-state index in [2.05, 4.69) is 0 Å². The van der Waals surface area contributed by atoms with Crippen molar-refractivity contribution in [3.63, 3.8) is 0 Å². The van der Waals surface area contributed by atoms with Gasteiger partial charge in [0.1, 0.15) is 0 Å². The highest BCUT2D eigenvalue weighted by atomic mass is 16.3. The molecule has 0 saturated carbocycles. The van der Waals surface area contributed by atoms with Gasteiger partial charge in [0.25, 0.3) is 0 Å². The second-order valence-corrected chi connectivity index (χ2v) is 3.65. The molecule has 2 bridgehead atoms. The predicted molar refractivity (Wildman–Crippen MR) is 39.9 cm³/mol. The molecule has 62 valence electrons. The summed E-state index contributed by atoms with van der Waals surface area (Å²) < 4.78 is 0. The molecule has 3 rings (SSSR count). The summed E-state index contributed by atoms with van der Waals surface area (Å²) in [6.07, 6.45) is 1.88. The third-order valence-electron chi connectivity index (χ3n) is 2.95. The highest BCUT2D eigenvalue weighted by Crippen LogP contribution is 2.33. The number of Topliss-reactive ketones (excluding diaryl/α,β-unsaturated/α-hetero) is 1. The van der Waals surface area contributed by atoms with Crippen molar-refractivity contribution in [1.82, 2.24) is 4.90 Å². The first-order valence-corrected chi connectivity index (χ1v) is 4.14. The van der Waals surface area contributed by atoms with E-state index in [-0.39, 0.29) is 11.7 Å². The highest BCUT2D eigenvalue weighted by Gasteiger charge is 2.48. The van der Waals surface area contributed by atoms with Crippen LogP contribution in [0.15, 0.2) is 0 Å². The molecule has 1 atom stereocenters. The monoisotopic (exact) mass is 155 g/mol. The molecule has 1 unspecified atom stereocenters. The van der Waals surface area contributed by atoms with Crippen LogP contribution >= 0.6 is 0 Å². The van der Waals surface area contributed by atoms with Crippen molar-refractivity contribution in [3.8, 4) is 0 Å². The molecule has 3 saturated heterocycles. The molecular formula is C8H13NO2. The Hall–Kier alpha value is -0.410. The Bertz CT molecular complexity index is 192. The molecule has 1 N–H and O–H groups in total. The molecule has 0 aromatic heterocycles. The average Bonchev–Trinajstić information content (AvgIpc) is 2.01. The lowest BCUT2D eigenvalue weighted by atomic mass is 9.80. The van der Waals surface area contributed by atoms with E-state index in [0.717, 1.165) is 25.9 Å². The Morgan fingerprint density at radius 3 is 2.36 bits per heavy atom. The number of rotatable bonds is 0. The van der Waals surface area contributed by atoms with Gasteiger partial charge in [-0.25, -0.2) is 0 Å².